The van der Waals surface area contributed by atoms with Gasteiger partial charge in [0.05, 0.1) is 6.54 Å². The molecule has 0 aliphatic heterocycles. The zero-order chi connectivity index (χ0) is 12.6. The van der Waals surface area contributed by atoms with Crippen LogP contribution in [0, 0.1) is 11.8 Å². The van der Waals surface area contributed by atoms with Crippen molar-refractivity contribution in [3.8, 4) is 11.8 Å². The molecule has 0 spiro atoms. The molecule has 2 rings (SSSR count). The summed E-state index contributed by atoms with van der Waals surface area (Å²) in [5, 5.41) is 2.76. The van der Waals surface area contributed by atoms with Gasteiger partial charge in [-0.1, -0.05) is 48.2 Å². The van der Waals surface area contributed by atoms with Crippen molar-refractivity contribution in [2.75, 3.05) is 6.54 Å². The van der Waals surface area contributed by atoms with Crippen LogP contribution in [0.1, 0.15) is 15.9 Å². The van der Waals surface area contributed by atoms with E-state index >= 15 is 0 Å². The molecule has 0 saturated heterocycles. The van der Waals surface area contributed by atoms with Crippen LogP contribution < -0.4 is 5.32 Å². The second-order valence-electron chi connectivity index (χ2n) is 3.72. The molecule has 0 saturated carbocycles. The van der Waals surface area contributed by atoms with Crippen LogP contribution in [0.4, 0.5) is 0 Å². The summed E-state index contributed by atoms with van der Waals surface area (Å²) in [4.78, 5) is 11.7. The molecule has 2 nitrogen and oxygen atoms in total. The summed E-state index contributed by atoms with van der Waals surface area (Å²) in [6, 6.07) is 18.8. The van der Waals surface area contributed by atoms with Crippen LogP contribution >= 0.6 is 0 Å². The van der Waals surface area contributed by atoms with Crippen molar-refractivity contribution in [2.45, 2.75) is 0 Å². The van der Waals surface area contributed by atoms with E-state index in [1.54, 1.807) is 12.1 Å². The van der Waals surface area contributed by atoms with Crippen molar-refractivity contribution in [3.05, 3.63) is 71.8 Å². The third-order valence-electron chi connectivity index (χ3n) is 2.38. The molecule has 18 heavy (non-hydrogen) atoms. The summed E-state index contributed by atoms with van der Waals surface area (Å²) < 4.78 is 0. The molecule has 0 fully saturated rings. The predicted octanol–water partition coefficient (Wildman–Crippen LogP) is 2.47. The Balaban J connectivity index is 1.87. The molecule has 1 N–H and O–H groups in total. The van der Waals surface area contributed by atoms with E-state index in [0.717, 1.165) is 5.56 Å². The largest absolute Gasteiger partial charge is 0.341 e. The average molecular weight is 235 g/mol. The van der Waals surface area contributed by atoms with E-state index < -0.39 is 0 Å². The fourth-order valence-electron chi connectivity index (χ4n) is 1.48. The van der Waals surface area contributed by atoms with Crippen LogP contribution in [0.25, 0.3) is 0 Å². The van der Waals surface area contributed by atoms with E-state index in [9.17, 15) is 4.79 Å². The molecule has 0 radical (unpaired) electrons. The molecule has 0 aliphatic carbocycles. The summed E-state index contributed by atoms with van der Waals surface area (Å²) in [6.07, 6.45) is 0. The van der Waals surface area contributed by atoms with Crippen molar-refractivity contribution >= 4 is 5.91 Å². The molecule has 1 amide bonds. The molecule has 88 valence electrons. The van der Waals surface area contributed by atoms with Crippen LogP contribution in [0.2, 0.25) is 0 Å². The predicted molar refractivity (Wildman–Crippen MR) is 72.1 cm³/mol. The Morgan fingerprint density at radius 3 is 2.22 bits per heavy atom. The third kappa shape index (κ3) is 3.50. The number of hydrogen-bond donors (Lipinski definition) is 1. The standard InChI is InChI=1S/C16H13NO/c18-16(15-11-5-2-6-12-15)17-13-7-10-14-8-3-1-4-9-14/h1-6,8-9,11-12H,13H2,(H,17,18). The molecule has 0 aliphatic rings. The van der Waals surface area contributed by atoms with Gasteiger partial charge in [0.1, 0.15) is 0 Å². The topological polar surface area (TPSA) is 29.1 Å². The van der Waals surface area contributed by atoms with E-state index in [1.165, 1.54) is 0 Å². The number of amides is 1. The summed E-state index contributed by atoms with van der Waals surface area (Å²) in [5.74, 6) is 5.81. The summed E-state index contributed by atoms with van der Waals surface area (Å²) in [6.45, 7) is 0.350. The highest BCUT2D eigenvalue weighted by atomic mass is 16.1. The van der Waals surface area contributed by atoms with Gasteiger partial charge in [-0.05, 0) is 24.3 Å². The monoisotopic (exact) mass is 235 g/mol. The minimum atomic E-state index is -0.0991. The number of carbonyl (C=O) groups is 1. The Hall–Kier alpha value is -2.53. The van der Waals surface area contributed by atoms with Crippen LogP contribution in [0.3, 0.4) is 0 Å². The first kappa shape index (κ1) is 11.9. The molecule has 0 aromatic heterocycles. The minimum absolute atomic E-state index is 0.0991. The van der Waals surface area contributed by atoms with Crippen LogP contribution in [-0.2, 0) is 0 Å². The van der Waals surface area contributed by atoms with Gasteiger partial charge >= 0.3 is 0 Å². The van der Waals surface area contributed by atoms with Gasteiger partial charge in [-0.25, -0.2) is 0 Å². The van der Waals surface area contributed by atoms with Gasteiger partial charge in [-0.2, -0.15) is 0 Å². The quantitative estimate of drug-likeness (QED) is 0.796. The highest BCUT2D eigenvalue weighted by molar-refractivity contribution is 5.94. The van der Waals surface area contributed by atoms with Gasteiger partial charge in [-0.15, -0.1) is 0 Å². The SMILES string of the molecule is O=C(NCC#Cc1ccccc1)c1ccccc1. The van der Waals surface area contributed by atoms with Gasteiger partial charge in [-0.3, -0.25) is 4.79 Å². The highest BCUT2D eigenvalue weighted by Gasteiger charge is 2.00. The normalized spacial score (nSPS) is 9.11. The Bertz CT molecular complexity index is 564. The van der Waals surface area contributed by atoms with Crippen molar-refractivity contribution in [1.82, 2.24) is 5.32 Å². The maximum absolute atomic E-state index is 11.7. The molecule has 2 heteroatoms. The molecule has 2 aromatic carbocycles. The average Bonchev–Trinajstić information content (AvgIpc) is 2.45. The lowest BCUT2D eigenvalue weighted by atomic mass is 10.2. The number of carbonyl (C=O) groups excluding carboxylic acids is 1. The zero-order valence-electron chi connectivity index (χ0n) is 9.89. The van der Waals surface area contributed by atoms with E-state index in [2.05, 4.69) is 17.2 Å². The molecular weight excluding hydrogens is 222 g/mol. The van der Waals surface area contributed by atoms with Crippen molar-refractivity contribution < 1.29 is 4.79 Å². The van der Waals surface area contributed by atoms with E-state index in [4.69, 9.17) is 0 Å². The third-order valence-corrected chi connectivity index (χ3v) is 2.38. The van der Waals surface area contributed by atoms with E-state index in [-0.39, 0.29) is 5.91 Å². The van der Waals surface area contributed by atoms with Gasteiger partial charge in [0.15, 0.2) is 0 Å². The van der Waals surface area contributed by atoms with Crippen molar-refractivity contribution in [3.63, 3.8) is 0 Å². The first-order chi connectivity index (χ1) is 8.86. The number of hydrogen-bond acceptors (Lipinski definition) is 1. The second kappa shape index (κ2) is 6.27. The lowest BCUT2D eigenvalue weighted by molar-refractivity contribution is 0.0958. The Kier molecular flexibility index (Phi) is 4.16. The molecule has 2 aromatic rings. The fourth-order valence-corrected chi connectivity index (χ4v) is 1.48. The Morgan fingerprint density at radius 1 is 0.944 bits per heavy atom. The van der Waals surface area contributed by atoms with Crippen molar-refractivity contribution in [1.29, 1.82) is 0 Å². The van der Waals surface area contributed by atoms with Crippen molar-refractivity contribution in [2.24, 2.45) is 0 Å². The summed E-state index contributed by atoms with van der Waals surface area (Å²) in [5.41, 5.74) is 1.60. The summed E-state index contributed by atoms with van der Waals surface area (Å²) >= 11 is 0. The number of rotatable bonds is 2. The van der Waals surface area contributed by atoms with Crippen LogP contribution in [0.15, 0.2) is 60.7 Å². The summed E-state index contributed by atoms with van der Waals surface area (Å²) in [7, 11) is 0. The molecular formula is C16H13NO. The minimum Gasteiger partial charge on any atom is -0.341 e. The van der Waals surface area contributed by atoms with Gasteiger partial charge < -0.3 is 5.32 Å². The molecule has 0 atom stereocenters. The number of nitrogens with one attached hydrogen (secondary N) is 1. The van der Waals surface area contributed by atoms with E-state index in [0.29, 0.717) is 12.1 Å². The highest BCUT2D eigenvalue weighted by Crippen LogP contribution is 1.97. The maximum atomic E-state index is 11.7. The fraction of sp³-hybridized carbons (Fsp3) is 0.0625. The number of benzene rings is 2. The lowest BCUT2D eigenvalue weighted by Gasteiger charge is -1.99. The molecule has 0 unspecified atom stereocenters. The molecule has 0 heterocycles. The molecule has 0 bridgehead atoms. The smallest absolute Gasteiger partial charge is 0.252 e. The first-order valence-corrected chi connectivity index (χ1v) is 5.73. The Morgan fingerprint density at radius 2 is 1.56 bits per heavy atom. The van der Waals surface area contributed by atoms with Gasteiger partial charge in [0.25, 0.3) is 5.91 Å². The zero-order valence-corrected chi connectivity index (χ0v) is 9.89. The van der Waals surface area contributed by atoms with E-state index in [1.807, 2.05) is 48.5 Å². The van der Waals surface area contributed by atoms with Gasteiger partial charge in [0.2, 0.25) is 0 Å². The maximum Gasteiger partial charge on any atom is 0.252 e. The lowest BCUT2D eigenvalue weighted by Crippen LogP contribution is -2.23. The second-order valence-corrected chi connectivity index (χ2v) is 3.72. The first-order valence-electron chi connectivity index (χ1n) is 5.73. The Labute approximate surface area is 107 Å². The van der Waals surface area contributed by atoms with Crippen LogP contribution in [0.5, 0.6) is 0 Å². The van der Waals surface area contributed by atoms with Crippen LogP contribution in [-0.4, -0.2) is 12.5 Å². The van der Waals surface area contributed by atoms with Gasteiger partial charge in [0, 0.05) is 11.1 Å².